The van der Waals surface area contributed by atoms with Gasteiger partial charge in [0, 0.05) is 6.04 Å². The van der Waals surface area contributed by atoms with Gasteiger partial charge in [0.2, 0.25) is 0 Å². The van der Waals surface area contributed by atoms with Crippen LogP contribution in [0.25, 0.3) is 0 Å². The second kappa shape index (κ2) is 8.01. The third kappa shape index (κ3) is 7.81. The van der Waals surface area contributed by atoms with Crippen LogP contribution in [0.15, 0.2) is 0 Å². The van der Waals surface area contributed by atoms with Gasteiger partial charge >= 0.3 is 17.1 Å². The van der Waals surface area contributed by atoms with Gasteiger partial charge in [0.1, 0.15) is 0 Å². The van der Waals surface area contributed by atoms with Crippen molar-refractivity contribution in [3.05, 3.63) is 0 Å². The maximum Gasteiger partial charge on any atom is 2.00 e. The number of hydrogen-bond acceptors (Lipinski definition) is 4. The summed E-state index contributed by atoms with van der Waals surface area (Å²) in [7, 11) is 0. The zero-order valence-electron chi connectivity index (χ0n) is 6.18. The first kappa shape index (κ1) is 13.5. The SMILES string of the molecule is NCCCC[C@H](N)C(=O)[O-].[Cu+2]. The molecule has 0 bridgehead atoms. The van der Waals surface area contributed by atoms with Crippen LogP contribution >= 0.6 is 0 Å². The van der Waals surface area contributed by atoms with Crippen molar-refractivity contribution in [2.75, 3.05) is 6.54 Å². The summed E-state index contributed by atoms with van der Waals surface area (Å²) in [5, 5.41) is 10.0. The minimum absolute atomic E-state index is 0. The van der Waals surface area contributed by atoms with E-state index in [2.05, 4.69) is 0 Å². The predicted molar refractivity (Wildman–Crippen MR) is 35.9 cm³/mol. The minimum atomic E-state index is -1.18. The van der Waals surface area contributed by atoms with E-state index in [0.717, 1.165) is 12.8 Å². The Balaban J connectivity index is 0. The van der Waals surface area contributed by atoms with Gasteiger partial charge in [0.25, 0.3) is 0 Å². The van der Waals surface area contributed by atoms with Gasteiger partial charge in [-0.2, -0.15) is 0 Å². The van der Waals surface area contributed by atoms with E-state index in [1.165, 1.54) is 0 Å². The summed E-state index contributed by atoms with van der Waals surface area (Å²) in [6, 6.07) is -0.827. The van der Waals surface area contributed by atoms with Crippen LogP contribution in [0, 0.1) is 0 Å². The summed E-state index contributed by atoms with van der Waals surface area (Å²) in [5.74, 6) is -1.18. The van der Waals surface area contributed by atoms with Crippen molar-refractivity contribution in [2.45, 2.75) is 25.3 Å². The van der Waals surface area contributed by atoms with Crippen LogP contribution in [0.2, 0.25) is 0 Å². The molecule has 0 aromatic carbocycles. The normalized spacial score (nSPS) is 11.8. The Labute approximate surface area is 76.8 Å². The number of nitrogens with two attached hydrogens (primary N) is 2. The van der Waals surface area contributed by atoms with Crippen molar-refractivity contribution >= 4 is 5.97 Å². The molecule has 0 aromatic heterocycles. The third-order valence-corrected chi connectivity index (χ3v) is 1.27. The molecular weight excluding hydrogens is 196 g/mol. The van der Waals surface area contributed by atoms with E-state index in [0.29, 0.717) is 13.0 Å². The Kier molecular flexibility index (Phi) is 9.83. The summed E-state index contributed by atoms with van der Waals surface area (Å²) in [5.41, 5.74) is 10.3. The third-order valence-electron chi connectivity index (χ3n) is 1.27. The molecule has 0 unspecified atom stereocenters. The van der Waals surface area contributed by atoms with Crippen molar-refractivity contribution in [1.29, 1.82) is 0 Å². The van der Waals surface area contributed by atoms with E-state index in [1.807, 2.05) is 0 Å². The fourth-order valence-corrected chi connectivity index (χ4v) is 0.626. The number of carboxylic acid groups (broad SMARTS) is 1. The van der Waals surface area contributed by atoms with Gasteiger partial charge in [-0.05, 0) is 19.4 Å². The standard InChI is InChI=1S/C6H14N2O2.Cu/c7-4-2-1-3-5(8)6(9)10;/h5H,1-4,7-8H2,(H,9,10);/q;+2/p-1/t5-;/m0./s1. The van der Waals surface area contributed by atoms with Crippen molar-refractivity contribution in [3.8, 4) is 0 Å². The Bertz CT molecular complexity index is 111. The molecule has 0 rings (SSSR count). The maximum absolute atomic E-state index is 10.0. The average Bonchev–Trinajstić information content (AvgIpc) is 1.88. The van der Waals surface area contributed by atoms with E-state index in [1.54, 1.807) is 0 Å². The molecule has 0 saturated carbocycles. The van der Waals surface area contributed by atoms with Gasteiger partial charge in [-0.25, -0.2) is 0 Å². The van der Waals surface area contributed by atoms with Crippen molar-refractivity contribution in [2.24, 2.45) is 11.5 Å². The quantitative estimate of drug-likeness (QED) is 0.412. The molecule has 0 amide bonds. The Morgan fingerprint density at radius 1 is 1.45 bits per heavy atom. The van der Waals surface area contributed by atoms with Gasteiger partial charge in [0.15, 0.2) is 0 Å². The topological polar surface area (TPSA) is 92.2 Å². The summed E-state index contributed by atoms with van der Waals surface area (Å²) in [4.78, 5) is 10.0. The van der Waals surface area contributed by atoms with Crippen LogP contribution in [0.1, 0.15) is 19.3 Å². The largest absolute Gasteiger partial charge is 2.00 e. The molecule has 4 N–H and O–H groups in total. The molecule has 5 heteroatoms. The van der Waals surface area contributed by atoms with Gasteiger partial charge in [0.05, 0.1) is 5.97 Å². The molecule has 0 aromatic rings. The zero-order valence-corrected chi connectivity index (χ0v) is 7.12. The second-order valence-corrected chi connectivity index (χ2v) is 2.21. The van der Waals surface area contributed by atoms with Crippen LogP contribution < -0.4 is 16.6 Å². The molecule has 0 aliphatic rings. The van der Waals surface area contributed by atoms with E-state index in [9.17, 15) is 9.90 Å². The number of rotatable bonds is 5. The van der Waals surface area contributed by atoms with E-state index >= 15 is 0 Å². The Morgan fingerprint density at radius 3 is 2.36 bits per heavy atom. The van der Waals surface area contributed by atoms with Gasteiger partial charge in [-0.3, -0.25) is 0 Å². The van der Waals surface area contributed by atoms with Gasteiger partial charge in [-0.15, -0.1) is 0 Å². The molecule has 1 atom stereocenters. The fraction of sp³-hybridized carbons (Fsp3) is 0.833. The summed E-state index contributed by atoms with van der Waals surface area (Å²) in [6.07, 6.45) is 2.03. The van der Waals surface area contributed by atoms with Crippen molar-refractivity contribution < 1.29 is 27.0 Å². The molecule has 0 fully saturated rings. The fourth-order valence-electron chi connectivity index (χ4n) is 0.626. The van der Waals surface area contributed by atoms with Gasteiger partial charge < -0.3 is 21.4 Å². The van der Waals surface area contributed by atoms with Crippen LogP contribution in [-0.4, -0.2) is 18.6 Å². The number of unbranched alkanes of at least 4 members (excludes halogenated alkanes) is 1. The molecule has 69 valence electrons. The predicted octanol–water partition coefficient (Wildman–Crippen LogP) is -1.81. The average molecular weight is 209 g/mol. The first-order chi connectivity index (χ1) is 4.68. The Morgan fingerprint density at radius 2 is 2.00 bits per heavy atom. The molecule has 1 radical (unpaired) electrons. The molecule has 11 heavy (non-hydrogen) atoms. The van der Waals surface area contributed by atoms with Crippen molar-refractivity contribution in [1.82, 2.24) is 0 Å². The zero-order chi connectivity index (χ0) is 7.98. The molecule has 0 spiro atoms. The van der Waals surface area contributed by atoms with Crippen molar-refractivity contribution in [3.63, 3.8) is 0 Å². The molecule has 0 saturated heterocycles. The number of hydrogen-bond donors (Lipinski definition) is 2. The van der Waals surface area contributed by atoms with Crippen LogP contribution in [0.5, 0.6) is 0 Å². The Hall–Kier alpha value is -0.0905. The first-order valence-corrected chi connectivity index (χ1v) is 3.35. The van der Waals surface area contributed by atoms with Crippen LogP contribution in [-0.2, 0) is 21.9 Å². The summed E-state index contributed by atoms with van der Waals surface area (Å²) in [6.45, 7) is 0.583. The van der Waals surface area contributed by atoms with E-state index in [4.69, 9.17) is 11.5 Å². The number of carbonyl (C=O) groups is 1. The molecule has 4 nitrogen and oxygen atoms in total. The first-order valence-electron chi connectivity index (χ1n) is 3.35. The number of aliphatic carboxylic acids is 1. The molecule has 0 aliphatic carbocycles. The molecule has 0 heterocycles. The molecular formula is C6H13CuN2O2+. The molecule has 0 aliphatic heterocycles. The van der Waals surface area contributed by atoms with Crippen LogP contribution in [0.3, 0.4) is 0 Å². The monoisotopic (exact) mass is 208 g/mol. The number of carbonyl (C=O) groups excluding carboxylic acids is 1. The maximum atomic E-state index is 10.0. The van der Waals surface area contributed by atoms with E-state index in [-0.39, 0.29) is 17.1 Å². The van der Waals surface area contributed by atoms with Crippen LogP contribution in [0.4, 0.5) is 0 Å². The smallest absolute Gasteiger partial charge is 0.548 e. The second-order valence-electron chi connectivity index (χ2n) is 2.21. The van der Waals surface area contributed by atoms with Gasteiger partial charge in [-0.1, -0.05) is 6.42 Å². The number of carboxylic acids is 1. The minimum Gasteiger partial charge on any atom is -0.548 e. The summed E-state index contributed by atoms with van der Waals surface area (Å²) >= 11 is 0. The summed E-state index contributed by atoms with van der Waals surface area (Å²) < 4.78 is 0. The van der Waals surface area contributed by atoms with E-state index < -0.39 is 12.0 Å².